The largest absolute Gasteiger partial charge is 0.463 e. The molecule has 0 fully saturated rings. The van der Waals surface area contributed by atoms with Crippen LogP contribution in [0.3, 0.4) is 0 Å². The van der Waals surface area contributed by atoms with E-state index in [-0.39, 0.29) is 11.9 Å². The average Bonchev–Trinajstić information content (AvgIpc) is 2.47. The fourth-order valence-electron chi connectivity index (χ4n) is 1.66. The summed E-state index contributed by atoms with van der Waals surface area (Å²) in [6.45, 7) is 5.90. The molecule has 0 aliphatic heterocycles. The van der Waals surface area contributed by atoms with E-state index >= 15 is 0 Å². The minimum atomic E-state index is -0.366. The summed E-state index contributed by atoms with van der Waals surface area (Å²) >= 11 is 0. The number of hydrogen-bond donors (Lipinski definition) is 1. The maximum absolute atomic E-state index is 11.8. The van der Waals surface area contributed by atoms with Crippen LogP contribution in [-0.2, 0) is 14.3 Å². The van der Waals surface area contributed by atoms with Gasteiger partial charge in [0, 0.05) is 17.3 Å². The zero-order chi connectivity index (χ0) is 15.7. The number of ether oxygens (including phenoxy) is 1. The van der Waals surface area contributed by atoms with Gasteiger partial charge in [-0.25, -0.2) is 4.79 Å². The van der Waals surface area contributed by atoms with Crippen molar-refractivity contribution in [3.63, 3.8) is 0 Å². The number of carbonyl (C=O) groups excluding carboxylic acids is 2. The smallest absolute Gasteiger partial charge is 0.330 e. The topological polar surface area (TPSA) is 55.4 Å². The van der Waals surface area contributed by atoms with Crippen LogP contribution in [0.5, 0.6) is 0 Å². The van der Waals surface area contributed by atoms with Crippen molar-refractivity contribution in [3.05, 3.63) is 47.6 Å². The highest BCUT2D eigenvalue weighted by atomic mass is 16.5. The second-order valence-electron chi connectivity index (χ2n) is 4.46. The molecule has 0 unspecified atom stereocenters. The van der Waals surface area contributed by atoms with Gasteiger partial charge in [0.15, 0.2) is 0 Å². The minimum Gasteiger partial charge on any atom is -0.463 e. The Morgan fingerprint density at radius 3 is 2.43 bits per heavy atom. The normalized spacial score (nSPS) is 11.5. The number of benzene rings is 1. The first-order valence-electron chi connectivity index (χ1n) is 6.99. The fourth-order valence-corrected chi connectivity index (χ4v) is 1.66. The number of nitrogens with one attached hydrogen (secondary N) is 1. The maximum atomic E-state index is 11.8. The highest BCUT2D eigenvalue weighted by molar-refractivity contribution is 6.03. The number of rotatable bonds is 6. The van der Waals surface area contributed by atoms with Gasteiger partial charge in [0.25, 0.3) is 5.91 Å². The molecule has 0 atom stereocenters. The van der Waals surface area contributed by atoms with E-state index in [1.54, 1.807) is 32.1 Å². The van der Waals surface area contributed by atoms with Crippen molar-refractivity contribution >= 4 is 23.6 Å². The van der Waals surface area contributed by atoms with E-state index in [1.165, 1.54) is 6.08 Å². The van der Waals surface area contributed by atoms with E-state index in [1.807, 2.05) is 25.1 Å². The lowest BCUT2D eigenvalue weighted by atomic mass is 10.2. The van der Waals surface area contributed by atoms with Gasteiger partial charge in [0.2, 0.25) is 0 Å². The van der Waals surface area contributed by atoms with Gasteiger partial charge in [-0.3, -0.25) is 4.79 Å². The zero-order valence-corrected chi connectivity index (χ0v) is 12.7. The minimum absolute atomic E-state index is 0.105. The van der Waals surface area contributed by atoms with E-state index in [4.69, 9.17) is 4.74 Å². The van der Waals surface area contributed by atoms with Crippen molar-refractivity contribution in [1.29, 1.82) is 0 Å². The van der Waals surface area contributed by atoms with Crippen molar-refractivity contribution < 1.29 is 14.3 Å². The molecule has 4 heteroatoms. The molecule has 4 nitrogen and oxygen atoms in total. The lowest BCUT2D eigenvalue weighted by Crippen LogP contribution is -2.12. The molecule has 0 aliphatic rings. The molecule has 0 saturated heterocycles. The Balaban J connectivity index is 2.64. The molecular formula is C17H21NO3. The molecular weight excluding hydrogens is 266 g/mol. The third-order valence-corrected chi connectivity index (χ3v) is 2.74. The summed E-state index contributed by atoms with van der Waals surface area (Å²) in [6, 6.07) is 7.23. The number of carbonyl (C=O) groups is 2. The summed E-state index contributed by atoms with van der Waals surface area (Å²) in [5.41, 5.74) is 2.28. The quantitative estimate of drug-likeness (QED) is 0.643. The Hall–Kier alpha value is -2.36. The van der Waals surface area contributed by atoms with Gasteiger partial charge in [-0.05, 0) is 44.0 Å². The van der Waals surface area contributed by atoms with E-state index in [9.17, 15) is 9.59 Å². The Bertz CT molecular complexity index is 542. The summed E-state index contributed by atoms with van der Waals surface area (Å²) in [5, 5.41) is 2.82. The van der Waals surface area contributed by atoms with Crippen molar-refractivity contribution in [2.24, 2.45) is 0 Å². The van der Waals surface area contributed by atoms with Crippen LogP contribution in [0.1, 0.15) is 32.8 Å². The number of allylic oxidation sites excluding steroid dienone is 1. The summed E-state index contributed by atoms with van der Waals surface area (Å²) < 4.78 is 4.80. The maximum Gasteiger partial charge on any atom is 0.330 e. The van der Waals surface area contributed by atoms with E-state index in [0.717, 1.165) is 17.7 Å². The van der Waals surface area contributed by atoms with Gasteiger partial charge in [0.05, 0.1) is 6.61 Å². The van der Waals surface area contributed by atoms with Gasteiger partial charge in [0.1, 0.15) is 0 Å². The van der Waals surface area contributed by atoms with Crippen LogP contribution in [0.25, 0.3) is 6.08 Å². The summed E-state index contributed by atoms with van der Waals surface area (Å²) in [4.78, 5) is 23.0. The molecule has 1 rings (SSSR count). The number of anilines is 1. The standard InChI is InChI=1S/C17H21NO3/c1-4-6-13(3)17(20)18-15-10-7-14(8-11-15)9-12-16(19)21-5-2/h6-12H,4-5H2,1-3H3,(H,18,20). The molecule has 0 spiro atoms. The van der Waals surface area contributed by atoms with Crippen LogP contribution in [0, 0.1) is 0 Å². The summed E-state index contributed by atoms with van der Waals surface area (Å²) in [7, 11) is 0. The second-order valence-corrected chi connectivity index (χ2v) is 4.46. The number of hydrogen-bond acceptors (Lipinski definition) is 3. The van der Waals surface area contributed by atoms with Crippen LogP contribution >= 0.6 is 0 Å². The number of esters is 1. The van der Waals surface area contributed by atoms with Crippen molar-refractivity contribution in [2.75, 3.05) is 11.9 Å². The predicted octanol–water partition coefficient (Wildman–Crippen LogP) is 3.56. The SMILES string of the molecule is CCC=C(C)C(=O)Nc1ccc(C=CC(=O)OCC)cc1. The fraction of sp³-hybridized carbons (Fsp3) is 0.294. The first kappa shape index (κ1) is 16.7. The van der Waals surface area contributed by atoms with Crippen LogP contribution < -0.4 is 5.32 Å². The first-order chi connectivity index (χ1) is 10.1. The van der Waals surface area contributed by atoms with Gasteiger partial charge < -0.3 is 10.1 Å². The van der Waals surface area contributed by atoms with Crippen molar-refractivity contribution in [1.82, 2.24) is 0 Å². The van der Waals surface area contributed by atoms with Crippen molar-refractivity contribution in [3.8, 4) is 0 Å². The summed E-state index contributed by atoms with van der Waals surface area (Å²) in [5.74, 6) is -0.470. The lowest BCUT2D eigenvalue weighted by molar-refractivity contribution is -0.137. The van der Waals surface area contributed by atoms with Crippen molar-refractivity contribution in [2.45, 2.75) is 27.2 Å². The van der Waals surface area contributed by atoms with Crippen LogP contribution in [-0.4, -0.2) is 18.5 Å². The van der Waals surface area contributed by atoms with E-state index < -0.39 is 0 Å². The number of amides is 1. The van der Waals surface area contributed by atoms with Gasteiger partial charge in [-0.2, -0.15) is 0 Å². The Morgan fingerprint density at radius 1 is 1.19 bits per heavy atom. The molecule has 0 radical (unpaired) electrons. The van der Waals surface area contributed by atoms with Gasteiger partial charge in [-0.1, -0.05) is 25.1 Å². The van der Waals surface area contributed by atoms with E-state index in [0.29, 0.717) is 12.2 Å². The Morgan fingerprint density at radius 2 is 1.86 bits per heavy atom. The Labute approximate surface area is 125 Å². The van der Waals surface area contributed by atoms with Gasteiger partial charge in [-0.15, -0.1) is 0 Å². The average molecular weight is 287 g/mol. The van der Waals surface area contributed by atoms with Crippen LogP contribution in [0.15, 0.2) is 42.0 Å². The molecule has 1 N–H and O–H groups in total. The molecule has 0 saturated carbocycles. The molecule has 21 heavy (non-hydrogen) atoms. The first-order valence-corrected chi connectivity index (χ1v) is 6.99. The van der Waals surface area contributed by atoms with Crippen LogP contribution in [0.2, 0.25) is 0 Å². The molecule has 1 aromatic carbocycles. The lowest BCUT2D eigenvalue weighted by Gasteiger charge is -2.05. The summed E-state index contributed by atoms with van der Waals surface area (Å²) in [6.07, 6.45) is 5.76. The molecule has 1 amide bonds. The molecule has 0 heterocycles. The highest BCUT2D eigenvalue weighted by Crippen LogP contribution is 2.12. The third-order valence-electron chi connectivity index (χ3n) is 2.74. The predicted molar refractivity (Wildman–Crippen MR) is 84.8 cm³/mol. The molecule has 0 aromatic heterocycles. The van der Waals surface area contributed by atoms with Crippen LogP contribution in [0.4, 0.5) is 5.69 Å². The molecule has 1 aromatic rings. The Kier molecular flexibility index (Phi) is 6.95. The monoisotopic (exact) mass is 287 g/mol. The van der Waals surface area contributed by atoms with E-state index in [2.05, 4.69) is 5.32 Å². The highest BCUT2D eigenvalue weighted by Gasteiger charge is 2.03. The third kappa shape index (κ3) is 6.08. The molecule has 0 aliphatic carbocycles. The molecule has 0 bridgehead atoms. The molecule has 112 valence electrons. The van der Waals surface area contributed by atoms with Gasteiger partial charge >= 0.3 is 5.97 Å². The second kappa shape index (κ2) is 8.74. The zero-order valence-electron chi connectivity index (χ0n) is 12.7.